The number of hydrogen-bond acceptors (Lipinski definition) is 7. The van der Waals surface area contributed by atoms with Gasteiger partial charge in [0.05, 0.1) is 27.5 Å². The van der Waals surface area contributed by atoms with E-state index < -0.39 is 4.92 Å². The number of hydrogen-bond donors (Lipinski definition) is 1. The summed E-state index contributed by atoms with van der Waals surface area (Å²) < 4.78 is 5.13. The zero-order valence-corrected chi connectivity index (χ0v) is 19.4. The number of nitrogens with zero attached hydrogens (tertiary/aromatic N) is 2. The summed E-state index contributed by atoms with van der Waals surface area (Å²) >= 11 is 2.52. The molecule has 1 aliphatic heterocycles. The van der Waals surface area contributed by atoms with Crippen molar-refractivity contribution in [3.63, 3.8) is 0 Å². The first kappa shape index (κ1) is 22.6. The van der Waals surface area contributed by atoms with E-state index in [4.69, 9.17) is 4.74 Å². The summed E-state index contributed by atoms with van der Waals surface area (Å²) in [6.45, 7) is 1.99. The van der Waals surface area contributed by atoms with Crippen molar-refractivity contribution >= 4 is 52.0 Å². The Morgan fingerprint density at radius 2 is 1.82 bits per heavy atom. The van der Waals surface area contributed by atoms with Gasteiger partial charge in [-0.2, -0.15) is 0 Å². The number of aliphatic imine (C=N–C) groups is 1. The summed E-state index contributed by atoms with van der Waals surface area (Å²) in [4.78, 5) is 30.0. The number of nitrogens with one attached hydrogen (secondary N) is 1. The largest absolute Gasteiger partial charge is 0.497 e. The number of methoxy groups -OCH3 is 1. The maximum absolute atomic E-state index is 12.4. The van der Waals surface area contributed by atoms with Crippen molar-refractivity contribution in [3.8, 4) is 5.75 Å². The van der Waals surface area contributed by atoms with E-state index in [-0.39, 0.29) is 11.6 Å². The monoisotopic (exact) mass is 477 g/mol. The molecule has 166 valence electrons. The van der Waals surface area contributed by atoms with Crippen LogP contribution in [-0.4, -0.2) is 23.1 Å². The molecule has 7 nitrogen and oxygen atoms in total. The van der Waals surface area contributed by atoms with Crippen LogP contribution >= 0.6 is 23.5 Å². The van der Waals surface area contributed by atoms with Crippen molar-refractivity contribution in [2.75, 3.05) is 7.11 Å². The topological polar surface area (TPSA) is 93.8 Å². The molecule has 1 saturated heterocycles. The predicted octanol–water partition coefficient (Wildman–Crippen LogP) is 5.95. The number of nitro groups is 1. The molecule has 33 heavy (non-hydrogen) atoms. The van der Waals surface area contributed by atoms with Gasteiger partial charge in [0.2, 0.25) is 0 Å². The second-order valence-corrected chi connectivity index (χ2v) is 9.23. The van der Waals surface area contributed by atoms with Crippen molar-refractivity contribution in [1.82, 2.24) is 5.32 Å². The number of rotatable bonds is 6. The minimum absolute atomic E-state index is 0.00884. The molecular weight excluding hydrogens is 458 g/mol. The van der Waals surface area contributed by atoms with Crippen LogP contribution in [0.1, 0.15) is 11.1 Å². The lowest BCUT2D eigenvalue weighted by Crippen LogP contribution is -2.19. The summed E-state index contributed by atoms with van der Waals surface area (Å²) in [5, 5.41) is 14.8. The van der Waals surface area contributed by atoms with E-state index in [0.29, 0.717) is 32.0 Å². The van der Waals surface area contributed by atoms with E-state index in [9.17, 15) is 14.9 Å². The smallest absolute Gasteiger partial charge is 0.283 e. The molecule has 1 fully saturated rings. The highest BCUT2D eigenvalue weighted by atomic mass is 32.2. The molecule has 3 aromatic carbocycles. The maximum Gasteiger partial charge on any atom is 0.283 e. The Kier molecular flexibility index (Phi) is 6.81. The lowest BCUT2D eigenvalue weighted by molar-refractivity contribution is -0.387. The number of carbonyl (C=O) groups excluding carboxylic acids is 1. The summed E-state index contributed by atoms with van der Waals surface area (Å²) in [5.74, 6) is 0.418. The van der Waals surface area contributed by atoms with Crippen molar-refractivity contribution in [3.05, 3.63) is 92.9 Å². The van der Waals surface area contributed by atoms with Crippen LogP contribution in [0, 0.1) is 17.0 Å². The third-order valence-corrected chi connectivity index (χ3v) is 6.66. The van der Waals surface area contributed by atoms with Gasteiger partial charge in [-0.25, -0.2) is 4.99 Å². The number of amidine groups is 1. The molecule has 3 aromatic rings. The maximum atomic E-state index is 12.4. The molecule has 0 spiro atoms. The van der Waals surface area contributed by atoms with Gasteiger partial charge < -0.3 is 10.1 Å². The quantitative estimate of drug-likeness (QED) is 0.268. The second-order valence-electron chi connectivity index (χ2n) is 7.08. The SMILES string of the molecule is COc1ccc(N=C2NC(=O)/C(=C\c3ccc(Sc4ccc(C)cc4)c([N+](=O)[O-])c3)S2)cc1. The number of amides is 1. The highest BCUT2D eigenvalue weighted by molar-refractivity contribution is 8.18. The highest BCUT2D eigenvalue weighted by Gasteiger charge is 2.24. The van der Waals surface area contributed by atoms with E-state index in [2.05, 4.69) is 10.3 Å². The Balaban J connectivity index is 1.55. The van der Waals surface area contributed by atoms with Crippen molar-refractivity contribution in [1.29, 1.82) is 0 Å². The average molecular weight is 478 g/mol. The molecule has 9 heteroatoms. The van der Waals surface area contributed by atoms with Gasteiger partial charge in [0.25, 0.3) is 11.6 Å². The van der Waals surface area contributed by atoms with Gasteiger partial charge in [0.15, 0.2) is 5.17 Å². The van der Waals surface area contributed by atoms with Crippen LogP contribution in [0.5, 0.6) is 5.75 Å². The average Bonchev–Trinajstić information content (AvgIpc) is 3.15. The van der Waals surface area contributed by atoms with Crippen LogP contribution in [0.15, 0.2) is 86.4 Å². The van der Waals surface area contributed by atoms with Gasteiger partial charge in [-0.05, 0) is 72.8 Å². The van der Waals surface area contributed by atoms with Crippen molar-refractivity contribution in [2.24, 2.45) is 4.99 Å². The number of thioether (sulfide) groups is 1. The summed E-state index contributed by atoms with van der Waals surface area (Å²) in [7, 11) is 1.59. The zero-order chi connectivity index (χ0) is 23.4. The molecule has 0 aromatic heterocycles. The van der Waals surface area contributed by atoms with Gasteiger partial charge in [-0.15, -0.1) is 0 Å². The first-order chi connectivity index (χ1) is 15.9. The minimum atomic E-state index is -0.406. The third kappa shape index (κ3) is 5.63. The molecule has 4 rings (SSSR count). The standard InChI is InChI=1S/C24H19N3O4S2/c1-15-3-10-19(11-4-15)32-21-12-5-16(13-20(21)27(29)30)14-22-23(28)26-24(33-22)25-17-6-8-18(31-2)9-7-17/h3-14H,1-2H3,(H,25,26,28)/b22-14+. The van der Waals surface area contributed by atoms with E-state index in [1.807, 2.05) is 31.2 Å². The van der Waals surface area contributed by atoms with E-state index in [1.165, 1.54) is 29.6 Å². The minimum Gasteiger partial charge on any atom is -0.497 e. The van der Waals surface area contributed by atoms with Crippen LogP contribution in [-0.2, 0) is 4.79 Å². The fourth-order valence-corrected chi connectivity index (χ4v) is 4.73. The predicted molar refractivity (Wildman–Crippen MR) is 132 cm³/mol. The number of aryl methyl sites for hydroxylation is 1. The Morgan fingerprint density at radius 3 is 2.48 bits per heavy atom. The van der Waals surface area contributed by atoms with Crippen LogP contribution in [0.2, 0.25) is 0 Å². The number of carbonyl (C=O) groups is 1. The van der Waals surface area contributed by atoms with Crippen molar-refractivity contribution in [2.45, 2.75) is 16.7 Å². The number of benzene rings is 3. The van der Waals surface area contributed by atoms with Crippen LogP contribution in [0.3, 0.4) is 0 Å². The lowest BCUT2D eigenvalue weighted by Gasteiger charge is -2.05. The highest BCUT2D eigenvalue weighted by Crippen LogP contribution is 2.36. The van der Waals surface area contributed by atoms with Crippen LogP contribution < -0.4 is 10.1 Å². The molecule has 0 unspecified atom stereocenters. The molecule has 1 heterocycles. The van der Waals surface area contributed by atoms with Gasteiger partial charge in [-0.3, -0.25) is 14.9 Å². The second kappa shape index (κ2) is 9.93. The van der Waals surface area contributed by atoms with Gasteiger partial charge in [-0.1, -0.05) is 35.5 Å². The van der Waals surface area contributed by atoms with Gasteiger partial charge >= 0.3 is 0 Å². The Bertz CT molecular complexity index is 1270. The number of ether oxygens (including phenoxy) is 1. The molecular formula is C24H19N3O4S2. The lowest BCUT2D eigenvalue weighted by atomic mass is 10.2. The Hall–Kier alpha value is -3.56. The molecule has 0 aliphatic carbocycles. The van der Waals surface area contributed by atoms with Crippen molar-refractivity contribution < 1.29 is 14.5 Å². The van der Waals surface area contributed by atoms with Gasteiger partial charge in [0, 0.05) is 11.0 Å². The fraction of sp³-hybridized carbons (Fsp3) is 0.0833. The first-order valence-corrected chi connectivity index (χ1v) is 11.5. The third-order valence-electron chi connectivity index (χ3n) is 4.68. The van der Waals surface area contributed by atoms with Crippen LogP contribution in [0.4, 0.5) is 11.4 Å². The summed E-state index contributed by atoms with van der Waals surface area (Å²) in [6.07, 6.45) is 1.63. The molecule has 0 bridgehead atoms. The molecule has 0 atom stereocenters. The molecule has 1 aliphatic rings. The van der Waals surface area contributed by atoms with E-state index >= 15 is 0 Å². The molecule has 0 saturated carbocycles. The Morgan fingerprint density at radius 1 is 1.09 bits per heavy atom. The first-order valence-electron chi connectivity index (χ1n) is 9.88. The fourth-order valence-electron chi connectivity index (χ4n) is 2.99. The van der Waals surface area contributed by atoms with Crippen LogP contribution in [0.25, 0.3) is 6.08 Å². The molecule has 1 N–H and O–H groups in total. The Labute approximate surface area is 199 Å². The van der Waals surface area contributed by atoms with Gasteiger partial charge in [0.1, 0.15) is 5.75 Å². The molecule has 0 radical (unpaired) electrons. The normalized spacial score (nSPS) is 15.6. The number of nitro benzene ring substituents is 1. The zero-order valence-electron chi connectivity index (χ0n) is 17.8. The summed E-state index contributed by atoms with van der Waals surface area (Å²) in [6, 6.07) is 19.9. The van der Waals surface area contributed by atoms with E-state index in [1.54, 1.807) is 49.6 Å². The molecule has 1 amide bonds. The van der Waals surface area contributed by atoms with E-state index in [0.717, 1.165) is 10.5 Å². The summed E-state index contributed by atoms with van der Waals surface area (Å²) in [5.41, 5.74) is 2.36.